The molecule has 0 saturated carbocycles. The molecular weight excluding hydrogens is 252 g/mol. The van der Waals surface area contributed by atoms with Gasteiger partial charge in [0.1, 0.15) is 16.6 Å². The number of nitrogens with one attached hydrogen (secondary N) is 2. The van der Waals surface area contributed by atoms with Gasteiger partial charge in [-0.1, -0.05) is 11.6 Å². The summed E-state index contributed by atoms with van der Waals surface area (Å²) in [6, 6.07) is 5.15. The maximum absolute atomic E-state index is 12.0. The second-order valence-corrected chi connectivity index (χ2v) is 4.73. The van der Waals surface area contributed by atoms with Crippen LogP contribution in [0.4, 0.5) is 5.82 Å². The predicted molar refractivity (Wildman–Crippen MR) is 74.9 cm³/mol. The van der Waals surface area contributed by atoms with Gasteiger partial charge in [0, 0.05) is 17.5 Å². The number of benzene rings is 1. The molecule has 1 aromatic heterocycles. The van der Waals surface area contributed by atoms with Crippen molar-refractivity contribution >= 4 is 28.3 Å². The Bertz CT molecular complexity index is 635. The van der Waals surface area contributed by atoms with Gasteiger partial charge in [0.05, 0.1) is 12.6 Å². The Kier molecular flexibility index (Phi) is 3.48. The van der Waals surface area contributed by atoms with Crippen LogP contribution >= 0.6 is 11.6 Å². The van der Waals surface area contributed by atoms with Gasteiger partial charge in [-0.15, -0.1) is 0 Å². The van der Waals surface area contributed by atoms with Crippen molar-refractivity contribution in [1.82, 2.24) is 4.98 Å². The van der Waals surface area contributed by atoms with E-state index < -0.39 is 0 Å². The third kappa shape index (κ3) is 2.29. The minimum Gasteiger partial charge on any atom is -0.495 e. The molecule has 0 atom stereocenters. The summed E-state index contributed by atoms with van der Waals surface area (Å²) in [7, 11) is 1.54. The van der Waals surface area contributed by atoms with Gasteiger partial charge in [-0.2, -0.15) is 0 Å². The van der Waals surface area contributed by atoms with Crippen LogP contribution < -0.4 is 15.5 Å². The minimum atomic E-state index is -0.0727. The molecule has 0 amide bonds. The fourth-order valence-corrected chi connectivity index (χ4v) is 2.10. The molecule has 5 heteroatoms. The van der Waals surface area contributed by atoms with Crippen molar-refractivity contribution in [2.24, 2.45) is 0 Å². The first kappa shape index (κ1) is 12.8. The van der Waals surface area contributed by atoms with Crippen LogP contribution in [0, 0.1) is 0 Å². The first-order valence-corrected chi connectivity index (χ1v) is 6.06. The van der Waals surface area contributed by atoms with Crippen molar-refractivity contribution in [3.8, 4) is 5.75 Å². The molecule has 0 radical (unpaired) electrons. The van der Waals surface area contributed by atoms with E-state index in [1.807, 2.05) is 13.8 Å². The standard InChI is InChI=1S/C13H15ClN2O2/c1-7(2)15-11-6-9(17)8-4-5-10(18-3)12(14)13(8)16-11/h4-7H,1-3H3,(H2,15,16,17). The van der Waals surface area contributed by atoms with Crippen LogP contribution in [0.25, 0.3) is 10.9 Å². The number of halogens is 1. The third-order valence-corrected chi connectivity index (χ3v) is 2.95. The van der Waals surface area contributed by atoms with E-state index in [0.717, 1.165) is 0 Å². The fraction of sp³-hybridized carbons (Fsp3) is 0.308. The quantitative estimate of drug-likeness (QED) is 0.898. The zero-order chi connectivity index (χ0) is 13.3. The highest BCUT2D eigenvalue weighted by Gasteiger charge is 2.10. The van der Waals surface area contributed by atoms with E-state index in [0.29, 0.717) is 27.5 Å². The van der Waals surface area contributed by atoms with Gasteiger partial charge >= 0.3 is 0 Å². The zero-order valence-corrected chi connectivity index (χ0v) is 11.3. The topological polar surface area (TPSA) is 54.1 Å². The molecule has 0 spiro atoms. The van der Waals surface area contributed by atoms with Crippen LogP contribution in [0.2, 0.25) is 5.02 Å². The van der Waals surface area contributed by atoms with Gasteiger partial charge in [-0.3, -0.25) is 4.79 Å². The number of rotatable bonds is 3. The molecule has 0 aliphatic carbocycles. The molecule has 1 aromatic carbocycles. The highest BCUT2D eigenvalue weighted by Crippen LogP contribution is 2.30. The lowest BCUT2D eigenvalue weighted by Gasteiger charge is -2.12. The lowest BCUT2D eigenvalue weighted by atomic mass is 10.2. The number of anilines is 1. The molecule has 0 unspecified atom stereocenters. The number of aromatic amines is 1. The Morgan fingerprint density at radius 2 is 2.11 bits per heavy atom. The van der Waals surface area contributed by atoms with E-state index in [-0.39, 0.29) is 11.5 Å². The van der Waals surface area contributed by atoms with E-state index in [4.69, 9.17) is 16.3 Å². The van der Waals surface area contributed by atoms with Crippen LogP contribution in [0.3, 0.4) is 0 Å². The molecular formula is C13H15ClN2O2. The Labute approximate surface area is 110 Å². The number of fused-ring (bicyclic) bond motifs is 1. The van der Waals surface area contributed by atoms with E-state index in [1.165, 1.54) is 6.07 Å². The van der Waals surface area contributed by atoms with Crippen LogP contribution in [0.1, 0.15) is 13.8 Å². The van der Waals surface area contributed by atoms with Crippen molar-refractivity contribution in [3.05, 3.63) is 33.4 Å². The second-order valence-electron chi connectivity index (χ2n) is 4.35. The summed E-state index contributed by atoms with van der Waals surface area (Å²) >= 11 is 6.20. The molecule has 0 aliphatic rings. The van der Waals surface area contributed by atoms with Crippen molar-refractivity contribution in [2.75, 3.05) is 12.4 Å². The van der Waals surface area contributed by atoms with Gasteiger partial charge in [-0.25, -0.2) is 0 Å². The average molecular weight is 267 g/mol. The highest BCUT2D eigenvalue weighted by molar-refractivity contribution is 6.36. The van der Waals surface area contributed by atoms with E-state index in [9.17, 15) is 4.79 Å². The number of methoxy groups -OCH3 is 1. The Balaban J connectivity index is 2.68. The fourth-order valence-electron chi connectivity index (χ4n) is 1.81. The molecule has 4 nitrogen and oxygen atoms in total. The number of hydrogen-bond donors (Lipinski definition) is 2. The molecule has 1 heterocycles. The van der Waals surface area contributed by atoms with Gasteiger partial charge < -0.3 is 15.0 Å². The summed E-state index contributed by atoms with van der Waals surface area (Å²) in [6.45, 7) is 3.99. The Morgan fingerprint density at radius 3 is 2.72 bits per heavy atom. The van der Waals surface area contributed by atoms with Crippen LogP contribution in [-0.2, 0) is 0 Å². The summed E-state index contributed by atoms with van der Waals surface area (Å²) in [6.07, 6.45) is 0. The van der Waals surface area contributed by atoms with Gasteiger partial charge in [0.15, 0.2) is 5.43 Å². The molecule has 18 heavy (non-hydrogen) atoms. The van der Waals surface area contributed by atoms with Crippen molar-refractivity contribution in [3.63, 3.8) is 0 Å². The minimum absolute atomic E-state index is 0.0727. The number of hydrogen-bond acceptors (Lipinski definition) is 3. The lowest BCUT2D eigenvalue weighted by molar-refractivity contribution is 0.415. The van der Waals surface area contributed by atoms with E-state index >= 15 is 0 Å². The monoisotopic (exact) mass is 266 g/mol. The first-order valence-electron chi connectivity index (χ1n) is 5.69. The smallest absolute Gasteiger partial charge is 0.191 e. The maximum atomic E-state index is 12.0. The van der Waals surface area contributed by atoms with Gasteiger partial charge in [0.25, 0.3) is 0 Å². The maximum Gasteiger partial charge on any atom is 0.191 e. The third-order valence-electron chi connectivity index (χ3n) is 2.57. The number of H-pyrrole nitrogens is 1. The Hall–Kier alpha value is -1.68. The van der Waals surface area contributed by atoms with Gasteiger partial charge in [0.2, 0.25) is 0 Å². The molecule has 0 aliphatic heterocycles. The summed E-state index contributed by atoms with van der Waals surface area (Å²) in [5, 5.41) is 4.11. The summed E-state index contributed by atoms with van der Waals surface area (Å²) < 4.78 is 5.14. The van der Waals surface area contributed by atoms with E-state index in [1.54, 1.807) is 19.2 Å². The SMILES string of the molecule is COc1ccc2c(=O)cc(NC(C)C)[nH]c2c1Cl. The molecule has 0 fully saturated rings. The highest BCUT2D eigenvalue weighted by atomic mass is 35.5. The largest absolute Gasteiger partial charge is 0.495 e. The zero-order valence-electron chi connectivity index (χ0n) is 10.5. The molecule has 96 valence electrons. The van der Waals surface area contributed by atoms with Crippen LogP contribution in [0.5, 0.6) is 5.75 Å². The number of pyridine rings is 1. The first-order chi connectivity index (χ1) is 8.52. The van der Waals surface area contributed by atoms with Crippen molar-refractivity contribution in [2.45, 2.75) is 19.9 Å². The number of aromatic nitrogens is 1. The lowest BCUT2D eigenvalue weighted by Crippen LogP contribution is -2.14. The summed E-state index contributed by atoms with van der Waals surface area (Å²) in [5.74, 6) is 1.19. The molecule has 0 bridgehead atoms. The molecule has 2 N–H and O–H groups in total. The predicted octanol–water partition coefficient (Wildman–Crippen LogP) is 3.01. The van der Waals surface area contributed by atoms with Gasteiger partial charge in [-0.05, 0) is 26.0 Å². The van der Waals surface area contributed by atoms with Crippen LogP contribution in [0.15, 0.2) is 23.0 Å². The second kappa shape index (κ2) is 4.90. The summed E-state index contributed by atoms with van der Waals surface area (Å²) in [5.41, 5.74) is 0.517. The normalized spacial score (nSPS) is 10.9. The van der Waals surface area contributed by atoms with Crippen LogP contribution in [-0.4, -0.2) is 18.1 Å². The Morgan fingerprint density at radius 1 is 1.39 bits per heavy atom. The molecule has 0 saturated heterocycles. The number of ether oxygens (including phenoxy) is 1. The van der Waals surface area contributed by atoms with Crippen molar-refractivity contribution < 1.29 is 4.74 Å². The average Bonchev–Trinajstić information content (AvgIpc) is 2.30. The summed E-state index contributed by atoms with van der Waals surface area (Å²) in [4.78, 5) is 15.1. The molecule has 2 aromatic rings. The molecule has 2 rings (SSSR count). The van der Waals surface area contributed by atoms with E-state index in [2.05, 4.69) is 10.3 Å². The van der Waals surface area contributed by atoms with Crippen molar-refractivity contribution in [1.29, 1.82) is 0 Å².